The van der Waals surface area contributed by atoms with E-state index in [1.54, 1.807) is 37.4 Å². The number of carbonyl (C=O) groups is 1. The molecule has 0 aliphatic heterocycles. The third kappa shape index (κ3) is 3.38. The Morgan fingerprint density at radius 3 is 2.71 bits per heavy atom. The molecule has 0 spiro atoms. The molecule has 0 saturated carbocycles. The van der Waals surface area contributed by atoms with Crippen LogP contribution in [0.15, 0.2) is 36.4 Å². The first-order valence-corrected chi connectivity index (χ1v) is 6.65. The van der Waals surface area contributed by atoms with E-state index in [0.29, 0.717) is 28.7 Å². The van der Waals surface area contributed by atoms with Gasteiger partial charge in [0, 0.05) is 12.2 Å². The summed E-state index contributed by atoms with van der Waals surface area (Å²) in [5.41, 5.74) is 13.6. The molecular weight excluding hydrogens is 290 g/mol. The Morgan fingerprint density at radius 2 is 2.10 bits per heavy atom. The molecule has 2 aromatic carbocycles. The summed E-state index contributed by atoms with van der Waals surface area (Å²) in [4.78, 5) is 11.5. The fraction of sp³-hybridized carbons (Fsp3) is 0.133. The fourth-order valence-electron chi connectivity index (χ4n) is 2.01. The van der Waals surface area contributed by atoms with Crippen LogP contribution in [0.25, 0.3) is 0 Å². The molecule has 0 bridgehead atoms. The lowest BCUT2D eigenvalue weighted by Crippen LogP contribution is -2.15. The number of halogens is 1. The van der Waals surface area contributed by atoms with E-state index in [9.17, 15) is 4.79 Å². The van der Waals surface area contributed by atoms with Crippen LogP contribution in [0.4, 0.5) is 11.4 Å². The van der Waals surface area contributed by atoms with Crippen LogP contribution in [0.3, 0.4) is 0 Å². The van der Waals surface area contributed by atoms with Gasteiger partial charge in [0.05, 0.1) is 23.4 Å². The second kappa shape index (κ2) is 6.37. The lowest BCUT2D eigenvalue weighted by Gasteiger charge is -2.12. The van der Waals surface area contributed by atoms with Crippen LogP contribution >= 0.6 is 11.6 Å². The third-order valence-electron chi connectivity index (χ3n) is 3.04. The van der Waals surface area contributed by atoms with E-state index in [4.69, 9.17) is 27.8 Å². The van der Waals surface area contributed by atoms with Crippen molar-refractivity contribution in [2.45, 2.75) is 6.54 Å². The first kappa shape index (κ1) is 15.0. The second-order valence-corrected chi connectivity index (χ2v) is 4.86. The van der Waals surface area contributed by atoms with Crippen LogP contribution in [0.2, 0.25) is 5.02 Å². The van der Waals surface area contributed by atoms with Crippen molar-refractivity contribution in [3.63, 3.8) is 0 Å². The highest BCUT2D eigenvalue weighted by molar-refractivity contribution is 6.34. The number of carbonyl (C=O) groups excluding carboxylic acids is 1. The number of ether oxygens (including phenoxy) is 1. The topological polar surface area (TPSA) is 90.4 Å². The molecule has 2 rings (SSSR count). The van der Waals surface area contributed by atoms with Crippen LogP contribution in [0, 0.1) is 0 Å². The Bertz CT molecular complexity index is 674. The SMILES string of the molecule is COc1ccc(CNc2cccc(Cl)c2C(N)=O)cc1N. The Balaban J connectivity index is 2.19. The summed E-state index contributed by atoms with van der Waals surface area (Å²) >= 11 is 5.99. The van der Waals surface area contributed by atoms with Crippen molar-refractivity contribution in [2.24, 2.45) is 5.73 Å². The fourth-order valence-corrected chi connectivity index (χ4v) is 2.28. The predicted octanol–water partition coefficient (Wildman–Crippen LogP) is 2.64. The van der Waals surface area contributed by atoms with Gasteiger partial charge in [-0.2, -0.15) is 0 Å². The Hall–Kier alpha value is -2.40. The van der Waals surface area contributed by atoms with Crippen LogP contribution in [-0.4, -0.2) is 13.0 Å². The zero-order chi connectivity index (χ0) is 15.4. The summed E-state index contributed by atoms with van der Waals surface area (Å²) in [6.45, 7) is 0.481. The number of primary amides is 1. The van der Waals surface area contributed by atoms with E-state index in [0.717, 1.165) is 5.56 Å². The van der Waals surface area contributed by atoms with Crippen molar-refractivity contribution in [3.8, 4) is 5.75 Å². The van der Waals surface area contributed by atoms with Gasteiger partial charge in [0.15, 0.2) is 0 Å². The monoisotopic (exact) mass is 305 g/mol. The Kier molecular flexibility index (Phi) is 4.55. The van der Waals surface area contributed by atoms with Crippen molar-refractivity contribution in [3.05, 3.63) is 52.5 Å². The van der Waals surface area contributed by atoms with Crippen LogP contribution < -0.4 is 21.5 Å². The summed E-state index contributed by atoms with van der Waals surface area (Å²) in [5, 5.41) is 3.46. The van der Waals surface area contributed by atoms with Gasteiger partial charge in [0.2, 0.25) is 0 Å². The Morgan fingerprint density at radius 1 is 1.33 bits per heavy atom. The number of anilines is 2. The van der Waals surface area contributed by atoms with Crippen LogP contribution in [-0.2, 0) is 6.54 Å². The molecule has 5 nitrogen and oxygen atoms in total. The van der Waals surface area contributed by atoms with Crippen molar-refractivity contribution in [2.75, 3.05) is 18.2 Å². The minimum absolute atomic E-state index is 0.278. The summed E-state index contributed by atoms with van der Waals surface area (Å²) < 4.78 is 5.11. The van der Waals surface area contributed by atoms with Gasteiger partial charge in [-0.05, 0) is 29.8 Å². The average Bonchev–Trinajstić information content (AvgIpc) is 2.44. The average molecular weight is 306 g/mol. The standard InChI is InChI=1S/C15H16ClN3O2/c1-21-13-6-5-9(7-11(13)17)8-19-12-4-2-3-10(16)14(12)15(18)20/h2-7,19H,8,17H2,1H3,(H2,18,20). The first-order valence-electron chi connectivity index (χ1n) is 6.27. The van der Waals surface area contributed by atoms with E-state index in [-0.39, 0.29) is 5.56 Å². The molecule has 0 saturated heterocycles. The van der Waals surface area contributed by atoms with E-state index in [1.165, 1.54) is 0 Å². The van der Waals surface area contributed by atoms with Gasteiger partial charge < -0.3 is 21.5 Å². The molecule has 0 unspecified atom stereocenters. The third-order valence-corrected chi connectivity index (χ3v) is 3.35. The van der Waals surface area contributed by atoms with Crippen molar-refractivity contribution in [1.29, 1.82) is 0 Å². The maximum Gasteiger partial charge on any atom is 0.252 e. The maximum absolute atomic E-state index is 11.5. The molecule has 0 radical (unpaired) electrons. The Labute approximate surface area is 127 Å². The predicted molar refractivity (Wildman–Crippen MR) is 84.7 cm³/mol. The largest absolute Gasteiger partial charge is 0.495 e. The first-order chi connectivity index (χ1) is 10.0. The van der Waals surface area contributed by atoms with Gasteiger partial charge in [0.25, 0.3) is 5.91 Å². The molecule has 21 heavy (non-hydrogen) atoms. The van der Waals surface area contributed by atoms with E-state index < -0.39 is 5.91 Å². The molecule has 0 aliphatic rings. The van der Waals surface area contributed by atoms with Crippen LogP contribution in [0.1, 0.15) is 15.9 Å². The molecule has 0 aliphatic carbocycles. The lowest BCUT2D eigenvalue weighted by atomic mass is 10.1. The van der Waals surface area contributed by atoms with E-state index in [1.807, 2.05) is 6.07 Å². The number of rotatable bonds is 5. The van der Waals surface area contributed by atoms with Crippen molar-refractivity contribution >= 4 is 28.9 Å². The van der Waals surface area contributed by atoms with Gasteiger partial charge in [-0.25, -0.2) is 0 Å². The number of methoxy groups -OCH3 is 1. The number of benzene rings is 2. The molecule has 2 aromatic rings. The zero-order valence-corrected chi connectivity index (χ0v) is 12.3. The molecule has 6 heteroatoms. The van der Waals surface area contributed by atoms with Gasteiger partial charge >= 0.3 is 0 Å². The normalized spacial score (nSPS) is 10.2. The molecule has 1 amide bonds. The van der Waals surface area contributed by atoms with Crippen molar-refractivity contribution < 1.29 is 9.53 Å². The molecule has 110 valence electrons. The number of nitrogens with one attached hydrogen (secondary N) is 1. The number of nitrogens with two attached hydrogens (primary N) is 2. The van der Waals surface area contributed by atoms with E-state index >= 15 is 0 Å². The highest BCUT2D eigenvalue weighted by atomic mass is 35.5. The minimum atomic E-state index is -0.572. The second-order valence-electron chi connectivity index (χ2n) is 4.46. The molecule has 0 heterocycles. The maximum atomic E-state index is 11.5. The summed E-state index contributed by atoms with van der Waals surface area (Å²) in [6, 6.07) is 10.6. The molecule has 0 fully saturated rings. The molecular formula is C15H16ClN3O2. The molecule has 0 aromatic heterocycles. The van der Waals surface area contributed by atoms with Gasteiger partial charge in [-0.3, -0.25) is 4.79 Å². The smallest absolute Gasteiger partial charge is 0.252 e. The highest BCUT2D eigenvalue weighted by Gasteiger charge is 2.12. The van der Waals surface area contributed by atoms with Crippen LogP contribution in [0.5, 0.6) is 5.75 Å². The summed E-state index contributed by atoms with van der Waals surface area (Å²) in [7, 11) is 1.56. The van der Waals surface area contributed by atoms with Gasteiger partial charge in [-0.1, -0.05) is 23.7 Å². The van der Waals surface area contributed by atoms with Gasteiger partial charge in [0.1, 0.15) is 5.75 Å². The molecule has 5 N–H and O–H groups in total. The summed E-state index contributed by atoms with van der Waals surface area (Å²) in [5.74, 6) is 0.0525. The van der Waals surface area contributed by atoms with Gasteiger partial charge in [-0.15, -0.1) is 0 Å². The summed E-state index contributed by atoms with van der Waals surface area (Å²) in [6.07, 6.45) is 0. The number of hydrogen-bond donors (Lipinski definition) is 3. The van der Waals surface area contributed by atoms with E-state index in [2.05, 4.69) is 5.32 Å². The zero-order valence-electron chi connectivity index (χ0n) is 11.5. The quantitative estimate of drug-likeness (QED) is 0.741. The minimum Gasteiger partial charge on any atom is -0.495 e. The number of hydrogen-bond acceptors (Lipinski definition) is 4. The lowest BCUT2D eigenvalue weighted by molar-refractivity contribution is 0.100. The number of nitrogen functional groups attached to an aromatic ring is 1. The van der Waals surface area contributed by atoms with Crippen molar-refractivity contribution in [1.82, 2.24) is 0 Å². The number of amides is 1. The molecule has 0 atom stereocenters. The highest BCUT2D eigenvalue weighted by Crippen LogP contribution is 2.26.